The predicted molar refractivity (Wildman–Crippen MR) is 59.8 cm³/mol. The van der Waals surface area contributed by atoms with Gasteiger partial charge in [-0.3, -0.25) is 0 Å². The Balaban J connectivity index is 2.38. The maximum absolute atomic E-state index is 11.4. The summed E-state index contributed by atoms with van der Waals surface area (Å²) in [5.41, 5.74) is 0. The van der Waals surface area contributed by atoms with Crippen LogP contribution in [0.25, 0.3) is 0 Å². The summed E-state index contributed by atoms with van der Waals surface area (Å²) in [6, 6.07) is -1.07. The van der Waals surface area contributed by atoms with Gasteiger partial charge in [-0.2, -0.15) is 0 Å². The van der Waals surface area contributed by atoms with E-state index in [2.05, 4.69) is 15.6 Å². The molecule has 0 saturated heterocycles. The summed E-state index contributed by atoms with van der Waals surface area (Å²) >= 11 is 0. The number of aliphatic hydroxyl groups is 1. The lowest BCUT2D eigenvalue weighted by Gasteiger charge is -2.12. The zero-order valence-electron chi connectivity index (χ0n) is 10.0. The van der Waals surface area contributed by atoms with Gasteiger partial charge >= 0.3 is 12.0 Å². The molecule has 8 heteroatoms. The minimum Gasteiger partial charge on any atom is -0.479 e. The van der Waals surface area contributed by atoms with Crippen molar-refractivity contribution in [3.05, 3.63) is 17.8 Å². The summed E-state index contributed by atoms with van der Waals surface area (Å²) < 4.78 is 5.21. The van der Waals surface area contributed by atoms with Gasteiger partial charge in [-0.15, -0.1) is 0 Å². The number of aryl methyl sites for hydroxylation is 1. The van der Waals surface area contributed by atoms with Crippen LogP contribution in [0.5, 0.6) is 0 Å². The molecule has 0 fully saturated rings. The van der Waals surface area contributed by atoms with Gasteiger partial charge in [0.25, 0.3) is 0 Å². The van der Waals surface area contributed by atoms with Crippen molar-refractivity contribution in [1.82, 2.24) is 15.6 Å². The van der Waals surface area contributed by atoms with E-state index >= 15 is 0 Å². The number of nitrogens with one attached hydrogen (secondary N) is 2. The fraction of sp³-hybridized carbons (Fsp3) is 0.500. The fourth-order valence-electron chi connectivity index (χ4n) is 1.16. The SMILES string of the molecule is Cc1cnc(C(C)NC(=O)NCC(O)C(=O)O)o1. The first kappa shape index (κ1) is 14.0. The number of aromatic nitrogens is 1. The largest absolute Gasteiger partial charge is 0.479 e. The highest BCUT2D eigenvalue weighted by Gasteiger charge is 2.17. The molecule has 0 spiro atoms. The maximum atomic E-state index is 11.4. The zero-order chi connectivity index (χ0) is 13.7. The minimum absolute atomic E-state index is 0.349. The minimum atomic E-state index is -1.63. The first-order valence-corrected chi connectivity index (χ1v) is 5.27. The Morgan fingerprint density at radius 1 is 1.56 bits per heavy atom. The number of aliphatic carboxylic acids is 1. The number of aliphatic hydroxyl groups excluding tert-OH is 1. The lowest BCUT2D eigenvalue weighted by molar-refractivity contribution is -0.146. The van der Waals surface area contributed by atoms with Crippen molar-refractivity contribution in [2.45, 2.75) is 26.0 Å². The number of urea groups is 1. The molecule has 1 rings (SSSR count). The maximum Gasteiger partial charge on any atom is 0.334 e. The number of nitrogens with zero attached hydrogens (tertiary/aromatic N) is 1. The van der Waals surface area contributed by atoms with Crippen molar-refractivity contribution in [3.63, 3.8) is 0 Å². The molecule has 2 atom stereocenters. The van der Waals surface area contributed by atoms with Gasteiger partial charge in [0.2, 0.25) is 5.89 Å². The summed E-state index contributed by atoms with van der Waals surface area (Å²) in [4.78, 5) is 25.6. The second kappa shape index (κ2) is 6.01. The van der Waals surface area contributed by atoms with E-state index in [1.165, 1.54) is 6.20 Å². The average Bonchev–Trinajstić information content (AvgIpc) is 2.72. The lowest BCUT2D eigenvalue weighted by atomic mass is 10.3. The van der Waals surface area contributed by atoms with Crippen molar-refractivity contribution in [2.24, 2.45) is 0 Å². The van der Waals surface area contributed by atoms with Crippen molar-refractivity contribution >= 4 is 12.0 Å². The number of oxazole rings is 1. The van der Waals surface area contributed by atoms with Crippen LogP contribution in [0, 0.1) is 6.92 Å². The average molecular weight is 257 g/mol. The Morgan fingerprint density at radius 3 is 2.72 bits per heavy atom. The van der Waals surface area contributed by atoms with Crippen molar-refractivity contribution in [2.75, 3.05) is 6.54 Å². The van der Waals surface area contributed by atoms with E-state index in [4.69, 9.17) is 14.6 Å². The molecule has 1 heterocycles. The van der Waals surface area contributed by atoms with Crippen molar-refractivity contribution in [3.8, 4) is 0 Å². The van der Waals surface area contributed by atoms with Gasteiger partial charge in [0.15, 0.2) is 6.10 Å². The standard InChI is InChI=1S/C10H15N3O5/c1-5-3-11-8(18-5)6(2)13-10(17)12-4-7(14)9(15)16/h3,6-7,14H,4H2,1-2H3,(H,15,16)(H2,12,13,17). The van der Waals surface area contributed by atoms with E-state index < -0.39 is 24.1 Å². The smallest absolute Gasteiger partial charge is 0.334 e. The summed E-state index contributed by atoms with van der Waals surface area (Å²) in [6.45, 7) is 3.02. The normalized spacial score (nSPS) is 13.7. The molecule has 8 nitrogen and oxygen atoms in total. The van der Waals surface area contributed by atoms with Gasteiger partial charge in [0, 0.05) is 0 Å². The molecule has 100 valence electrons. The van der Waals surface area contributed by atoms with Crippen molar-refractivity contribution in [1.29, 1.82) is 0 Å². The first-order valence-electron chi connectivity index (χ1n) is 5.27. The number of hydrogen-bond donors (Lipinski definition) is 4. The third-order valence-corrected chi connectivity index (χ3v) is 2.10. The molecule has 0 aliphatic carbocycles. The molecular formula is C10H15N3O5. The van der Waals surface area contributed by atoms with Crippen LogP contribution in [0.3, 0.4) is 0 Å². The van der Waals surface area contributed by atoms with Crippen LogP contribution < -0.4 is 10.6 Å². The number of amides is 2. The molecule has 18 heavy (non-hydrogen) atoms. The second-order valence-electron chi connectivity index (χ2n) is 3.74. The van der Waals surface area contributed by atoms with E-state index in [-0.39, 0.29) is 6.54 Å². The van der Waals surface area contributed by atoms with Crippen LogP contribution in [-0.4, -0.2) is 39.8 Å². The van der Waals surface area contributed by atoms with Crippen molar-refractivity contribution < 1.29 is 24.2 Å². The summed E-state index contributed by atoms with van der Waals surface area (Å²) in [6.07, 6.45) is -0.102. The molecular weight excluding hydrogens is 242 g/mol. The number of carboxylic acids is 1. The van der Waals surface area contributed by atoms with E-state index in [0.717, 1.165) is 0 Å². The van der Waals surface area contributed by atoms with Gasteiger partial charge in [-0.25, -0.2) is 14.6 Å². The number of carboxylic acid groups (broad SMARTS) is 1. The Morgan fingerprint density at radius 2 is 2.22 bits per heavy atom. The lowest BCUT2D eigenvalue weighted by Crippen LogP contribution is -2.42. The molecule has 4 N–H and O–H groups in total. The highest BCUT2D eigenvalue weighted by atomic mass is 16.4. The molecule has 0 aliphatic rings. The zero-order valence-corrected chi connectivity index (χ0v) is 10.0. The Bertz CT molecular complexity index is 431. The molecule has 2 unspecified atom stereocenters. The quantitative estimate of drug-likeness (QED) is 0.578. The molecule has 0 aromatic carbocycles. The third kappa shape index (κ3) is 4.06. The van der Waals surface area contributed by atoms with Crippen LogP contribution in [0.1, 0.15) is 24.6 Å². The van der Waals surface area contributed by atoms with Crippen LogP contribution in [0.4, 0.5) is 4.79 Å². The van der Waals surface area contributed by atoms with E-state index in [1.807, 2.05) is 0 Å². The Labute approximate surface area is 103 Å². The van der Waals surface area contributed by atoms with E-state index in [0.29, 0.717) is 11.7 Å². The third-order valence-electron chi connectivity index (χ3n) is 2.10. The van der Waals surface area contributed by atoms with E-state index in [9.17, 15) is 9.59 Å². The molecule has 0 radical (unpaired) electrons. The Kier molecular flexibility index (Phi) is 4.67. The van der Waals surface area contributed by atoms with Gasteiger partial charge in [-0.1, -0.05) is 0 Å². The highest BCUT2D eigenvalue weighted by Crippen LogP contribution is 2.11. The fourth-order valence-corrected chi connectivity index (χ4v) is 1.16. The molecule has 2 amide bonds. The van der Waals surface area contributed by atoms with Gasteiger partial charge in [0.05, 0.1) is 12.7 Å². The summed E-state index contributed by atoms with van der Waals surface area (Å²) in [5.74, 6) is -0.423. The first-order chi connectivity index (χ1) is 8.40. The predicted octanol–water partition coefficient (Wildman–Crippen LogP) is -0.211. The van der Waals surface area contributed by atoms with E-state index in [1.54, 1.807) is 13.8 Å². The number of hydrogen-bond acceptors (Lipinski definition) is 5. The monoisotopic (exact) mass is 257 g/mol. The van der Waals surface area contributed by atoms with Crippen LogP contribution in [0.2, 0.25) is 0 Å². The second-order valence-corrected chi connectivity index (χ2v) is 3.74. The summed E-state index contributed by atoms with van der Waals surface area (Å²) in [7, 11) is 0. The molecule has 1 aromatic rings. The van der Waals surface area contributed by atoms with Crippen LogP contribution in [-0.2, 0) is 4.79 Å². The molecule has 1 aromatic heterocycles. The van der Waals surface area contributed by atoms with Gasteiger partial charge < -0.3 is 25.3 Å². The molecule has 0 bridgehead atoms. The molecule has 0 aliphatic heterocycles. The number of carbonyl (C=O) groups is 2. The van der Waals surface area contributed by atoms with Crippen LogP contribution in [0.15, 0.2) is 10.6 Å². The van der Waals surface area contributed by atoms with Crippen LogP contribution >= 0.6 is 0 Å². The molecule has 0 saturated carbocycles. The highest BCUT2D eigenvalue weighted by molar-refractivity contribution is 5.76. The summed E-state index contributed by atoms with van der Waals surface area (Å²) in [5, 5.41) is 22.1. The number of rotatable bonds is 5. The number of carbonyl (C=O) groups excluding carboxylic acids is 1. The van der Waals surface area contributed by atoms with Gasteiger partial charge in [-0.05, 0) is 13.8 Å². The van der Waals surface area contributed by atoms with Gasteiger partial charge in [0.1, 0.15) is 11.8 Å². The topological polar surface area (TPSA) is 125 Å². The Hall–Kier alpha value is -2.09.